The van der Waals surface area contributed by atoms with Crippen molar-refractivity contribution in [3.05, 3.63) is 47.5 Å². The first kappa shape index (κ1) is 24.2. The maximum Gasteiger partial charge on any atom is 0.420 e. The highest BCUT2D eigenvalue weighted by Gasteiger charge is 2.35. The molecule has 1 fully saturated rings. The van der Waals surface area contributed by atoms with E-state index in [1.807, 2.05) is 7.05 Å². The molecule has 0 atom stereocenters. The van der Waals surface area contributed by atoms with Gasteiger partial charge in [-0.2, -0.15) is 13.2 Å². The van der Waals surface area contributed by atoms with Crippen LogP contribution in [0.3, 0.4) is 0 Å². The van der Waals surface area contributed by atoms with Crippen molar-refractivity contribution in [1.29, 1.82) is 5.41 Å². The van der Waals surface area contributed by atoms with Gasteiger partial charge in [0, 0.05) is 24.3 Å². The number of carbonyl (C=O) groups is 1. The third-order valence-corrected chi connectivity index (χ3v) is 5.28. The highest BCUT2D eigenvalue weighted by atomic mass is 19.4. The number of halogens is 3. The molecule has 2 aromatic carbocycles. The zero-order chi connectivity index (χ0) is 24.2. The molecule has 1 aliphatic heterocycles. The highest BCUT2D eigenvalue weighted by molar-refractivity contribution is 5.99. The summed E-state index contributed by atoms with van der Waals surface area (Å²) in [5.74, 6) is -1.32. The molecule has 1 saturated heterocycles. The number of hydrogen-bond donors (Lipinski definition) is 5. The van der Waals surface area contributed by atoms with Crippen LogP contribution in [-0.2, 0) is 11.0 Å². The average molecular weight is 465 g/mol. The van der Waals surface area contributed by atoms with Crippen LogP contribution in [0.25, 0.3) is 0 Å². The summed E-state index contributed by atoms with van der Waals surface area (Å²) in [6, 6.07) is 7.60. The number of amides is 1. The molecule has 2 aromatic rings. The van der Waals surface area contributed by atoms with Crippen molar-refractivity contribution in [1.82, 2.24) is 4.90 Å². The summed E-state index contributed by atoms with van der Waals surface area (Å²) in [7, 11) is 1.95. The molecule has 0 spiro atoms. The summed E-state index contributed by atoms with van der Waals surface area (Å²) in [6.45, 7) is 1.16. The third kappa shape index (κ3) is 6.51. The Hall–Kier alpha value is -3.47. The van der Waals surface area contributed by atoms with E-state index in [0.29, 0.717) is 18.4 Å². The molecule has 11 heteroatoms. The number of nitrogens with zero attached hydrogens (tertiary/aromatic N) is 1. The van der Waals surface area contributed by atoms with E-state index < -0.39 is 17.6 Å². The molecular formula is C22H26F3N5O3. The fourth-order valence-corrected chi connectivity index (χ4v) is 3.43. The molecule has 1 amide bonds. The molecular weight excluding hydrogens is 439 g/mol. The van der Waals surface area contributed by atoms with Gasteiger partial charge in [0.1, 0.15) is 23.4 Å². The van der Waals surface area contributed by atoms with Crippen molar-refractivity contribution in [3.63, 3.8) is 0 Å². The number of phenols is 1. The normalized spacial score (nSPS) is 15.2. The predicted octanol–water partition coefficient (Wildman–Crippen LogP) is 3.22. The van der Waals surface area contributed by atoms with Gasteiger partial charge in [0.2, 0.25) is 5.91 Å². The van der Waals surface area contributed by atoms with Crippen LogP contribution in [0.5, 0.6) is 11.5 Å². The standard InChI is InChI=1S/C22H26F3N5O3/c1-30-8-6-15(7-9-30)33-19-5-3-14(11-16(19)22(23,24)25)28-12-20(32)29-17-10-13(21(26)27)2-4-18(17)31/h2-5,10-11,15,28,31H,6-9,12H2,1H3,(H3,26,27)(H,29,32). The molecule has 33 heavy (non-hydrogen) atoms. The summed E-state index contributed by atoms with van der Waals surface area (Å²) in [6.07, 6.45) is -3.62. The van der Waals surface area contributed by atoms with Crippen molar-refractivity contribution >= 4 is 23.1 Å². The van der Waals surface area contributed by atoms with Gasteiger partial charge < -0.3 is 31.1 Å². The summed E-state index contributed by atoms with van der Waals surface area (Å²) < 4.78 is 46.5. The first-order valence-electron chi connectivity index (χ1n) is 10.3. The summed E-state index contributed by atoms with van der Waals surface area (Å²) in [4.78, 5) is 14.3. The first-order valence-corrected chi connectivity index (χ1v) is 10.3. The smallest absolute Gasteiger partial charge is 0.420 e. The largest absolute Gasteiger partial charge is 0.506 e. The minimum atomic E-state index is -4.63. The van der Waals surface area contributed by atoms with Gasteiger partial charge in [-0.25, -0.2) is 0 Å². The number of rotatable bonds is 7. The molecule has 0 saturated carbocycles. The van der Waals surface area contributed by atoms with E-state index in [1.165, 1.54) is 30.3 Å². The first-order chi connectivity index (χ1) is 15.5. The number of hydrogen-bond acceptors (Lipinski definition) is 6. The monoisotopic (exact) mass is 465 g/mol. The number of ether oxygens (including phenoxy) is 1. The topological polar surface area (TPSA) is 124 Å². The maximum atomic E-state index is 13.6. The lowest BCUT2D eigenvalue weighted by Crippen LogP contribution is -2.36. The average Bonchev–Trinajstić information content (AvgIpc) is 2.75. The van der Waals surface area contributed by atoms with Crippen LogP contribution in [0.2, 0.25) is 0 Å². The molecule has 0 aromatic heterocycles. The van der Waals surface area contributed by atoms with Crippen LogP contribution in [0, 0.1) is 5.41 Å². The molecule has 1 aliphatic rings. The number of nitrogens with one attached hydrogen (secondary N) is 3. The molecule has 8 nitrogen and oxygen atoms in total. The molecule has 3 rings (SSSR count). The number of likely N-dealkylation sites (tertiary alicyclic amines) is 1. The number of amidine groups is 1. The molecule has 178 valence electrons. The minimum Gasteiger partial charge on any atom is -0.506 e. The second-order valence-electron chi connectivity index (χ2n) is 7.88. The summed E-state index contributed by atoms with van der Waals surface area (Å²) in [5.41, 5.74) is 4.90. The number of nitrogen functional groups attached to an aromatic ring is 1. The van der Waals surface area contributed by atoms with Gasteiger partial charge >= 0.3 is 6.18 Å². The van der Waals surface area contributed by atoms with Gasteiger partial charge in [-0.3, -0.25) is 10.2 Å². The quantitative estimate of drug-likeness (QED) is 0.243. The maximum absolute atomic E-state index is 13.6. The molecule has 0 bridgehead atoms. The van der Waals surface area contributed by atoms with Gasteiger partial charge in [-0.05, 0) is 56.3 Å². The number of carbonyl (C=O) groups excluding carboxylic acids is 1. The Morgan fingerprint density at radius 3 is 2.58 bits per heavy atom. The van der Waals surface area contributed by atoms with Gasteiger partial charge in [-0.1, -0.05) is 0 Å². The number of piperidine rings is 1. The third-order valence-electron chi connectivity index (χ3n) is 5.28. The van der Waals surface area contributed by atoms with Crippen molar-refractivity contribution in [3.8, 4) is 11.5 Å². The number of anilines is 2. The minimum absolute atomic E-state index is 0.0346. The zero-order valence-corrected chi connectivity index (χ0v) is 18.0. The van der Waals surface area contributed by atoms with E-state index in [4.69, 9.17) is 15.9 Å². The van der Waals surface area contributed by atoms with E-state index in [9.17, 15) is 23.1 Å². The zero-order valence-electron chi connectivity index (χ0n) is 18.0. The van der Waals surface area contributed by atoms with Crippen LogP contribution in [0.1, 0.15) is 24.0 Å². The second-order valence-corrected chi connectivity index (χ2v) is 7.88. The Bertz CT molecular complexity index is 1020. The second kappa shape index (κ2) is 9.99. The Kier molecular flexibility index (Phi) is 7.32. The molecule has 0 radical (unpaired) electrons. The lowest BCUT2D eigenvalue weighted by atomic mass is 10.1. The van der Waals surface area contributed by atoms with Crippen LogP contribution < -0.4 is 21.1 Å². The molecule has 1 heterocycles. The number of nitrogens with two attached hydrogens (primary N) is 1. The van der Waals surface area contributed by atoms with Crippen molar-refractivity contribution < 1.29 is 27.8 Å². The fourth-order valence-electron chi connectivity index (χ4n) is 3.43. The van der Waals surface area contributed by atoms with Crippen LogP contribution in [-0.4, -0.2) is 54.5 Å². The van der Waals surface area contributed by atoms with Crippen molar-refractivity contribution in [2.45, 2.75) is 25.1 Å². The Labute approximate surface area is 189 Å². The highest BCUT2D eigenvalue weighted by Crippen LogP contribution is 2.39. The van der Waals surface area contributed by atoms with Gasteiger partial charge in [0.05, 0.1) is 17.8 Å². The number of aromatic hydroxyl groups is 1. The number of phenolic OH excluding ortho intramolecular Hbond substituents is 1. The summed E-state index contributed by atoms with van der Waals surface area (Å²) in [5, 5.41) is 22.4. The Morgan fingerprint density at radius 1 is 1.24 bits per heavy atom. The van der Waals surface area contributed by atoms with E-state index in [-0.39, 0.29) is 41.4 Å². The Balaban J connectivity index is 1.67. The van der Waals surface area contributed by atoms with E-state index in [2.05, 4.69) is 15.5 Å². The van der Waals surface area contributed by atoms with E-state index in [1.54, 1.807) is 0 Å². The number of alkyl halides is 3. The SMILES string of the molecule is CN1CCC(Oc2ccc(NCC(=O)Nc3cc(C(=N)N)ccc3O)cc2C(F)(F)F)CC1. The van der Waals surface area contributed by atoms with Crippen LogP contribution in [0.4, 0.5) is 24.5 Å². The van der Waals surface area contributed by atoms with Gasteiger partial charge in [0.15, 0.2) is 0 Å². The van der Waals surface area contributed by atoms with Gasteiger partial charge in [-0.15, -0.1) is 0 Å². The summed E-state index contributed by atoms with van der Waals surface area (Å²) >= 11 is 0. The van der Waals surface area contributed by atoms with Gasteiger partial charge in [0.25, 0.3) is 0 Å². The van der Waals surface area contributed by atoms with E-state index >= 15 is 0 Å². The predicted molar refractivity (Wildman–Crippen MR) is 119 cm³/mol. The van der Waals surface area contributed by atoms with Crippen LogP contribution >= 0.6 is 0 Å². The van der Waals surface area contributed by atoms with Crippen LogP contribution in [0.15, 0.2) is 36.4 Å². The lowest BCUT2D eigenvalue weighted by Gasteiger charge is -2.30. The Morgan fingerprint density at radius 2 is 1.94 bits per heavy atom. The van der Waals surface area contributed by atoms with Crippen molar-refractivity contribution in [2.75, 3.05) is 37.3 Å². The lowest BCUT2D eigenvalue weighted by molar-refractivity contribution is -0.139. The molecule has 0 aliphatic carbocycles. The molecule has 6 N–H and O–H groups in total. The van der Waals surface area contributed by atoms with Crippen molar-refractivity contribution in [2.24, 2.45) is 5.73 Å². The molecule has 0 unspecified atom stereocenters. The fraction of sp³-hybridized carbons (Fsp3) is 0.364. The number of benzene rings is 2. The van der Waals surface area contributed by atoms with E-state index in [0.717, 1.165) is 19.2 Å².